The van der Waals surface area contributed by atoms with Crippen LogP contribution >= 0.6 is 0 Å². The Kier molecular flexibility index (Phi) is 5.60. The predicted octanol–water partition coefficient (Wildman–Crippen LogP) is 1.29. The Morgan fingerprint density at radius 3 is 2.78 bits per heavy atom. The molecule has 1 heterocycles. The van der Waals surface area contributed by atoms with E-state index >= 15 is 0 Å². The number of carbonyl (C=O) groups is 2. The standard InChI is InChI=1S/C17H25N3O3/c1-11(2)10-12(18)16(21)19-13-8-9-20(17(13)22)14-6-4-5-7-15(14)23-3/h4-7,11-13H,8-10,18H2,1-3H3,(H,19,21)/t12-,13?/m0/s1. The van der Waals surface area contributed by atoms with Gasteiger partial charge in [-0.2, -0.15) is 0 Å². The van der Waals surface area contributed by atoms with E-state index < -0.39 is 12.1 Å². The van der Waals surface area contributed by atoms with Gasteiger partial charge >= 0.3 is 0 Å². The van der Waals surface area contributed by atoms with Gasteiger partial charge in [0.1, 0.15) is 11.8 Å². The van der Waals surface area contributed by atoms with Crippen LogP contribution in [0, 0.1) is 5.92 Å². The smallest absolute Gasteiger partial charge is 0.249 e. The molecule has 0 aliphatic carbocycles. The maximum Gasteiger partial charge on any atom is 0.249 e. The molecule has 1 aromatic carbocycles. The number of anilines is 1. The molecular formula is C17H25N3O3. The number of benzene rings is 1. The normalized spacial score (nSPS) is 19.1. The van der Waals surface area contributed by atoms with Crippen LogP contribution in [-0.4, -0.2) is 37.6 Å². The van der Waals surface area contributed by atoms with Crippen LogP contribution in [0.15, 0.2) is 24.3 Å². The van der Waals surface area contributed by atoms with E-state index in [1.165, 1.54) is 0 Å². The second-order valence-corrected chi connectivity index (χ2v) is 6.25. The lowest BCUT2D eigenvalue weighted by molar-refractivity contribution is -0.127. The molecule has 0 spiro atoms. The van der Waals surface area contributed by atoms with Gasteiger partial charge in [-0.1, -0.05) is 26.0 Å². The maximum atomic E-state index is 12.6. The SMILES string of the molecule is COc1ccccc1N1CCC(NC(=O)[C@@H](N)CC(C)C)C1=O. The third-order valence-electron chi connectivity index (χ3n) is 3.96. The van der Waals surface area contributed by atoms with Gasteiger partial charge in [0.25, 0.3) is 0 Å². The van der Waals surface area contributed by atoms with Gasteiger partial charge in [0, 0.05) is 6.54 Å². The number of methoxy groups -OCH3 is 1. The lowest BCUT2D eigenvalue weighted by Crippen LogP contribution is -2.48. The lowest BCUT2D eigenvalue weighted by Gasteiger charge is -2.20. The summed E-state index contributed by atoms with van der Waals surface area (Å²) in [6, 6.07) is 6.26. The highest BCUT2D eigenvalue weighted by Crippen LogP contribution is 2.31. The number of carbonyl (C=O) groups excluding carboxylic acids is 2. The minimum atomic E-state index is -0.580. The molecule has 1 aliphatic rings. The molecule has 1 aliphatic heterocycles. The first-order valence-corrected chi connectivity index (χ1v) is 7.94. The fourth-order valence-electron chi connectivity index (χ4n) is 2.80. The Bertz CT molecular complexity index is 574. The maximum absolute atomic E-state index is 12.6. The van der Waals surface area contributed by atoms with E-state index in [0.29, 0.717) is 31.1 Å². The third-order valence-corrected chi connectivity index (χ3v) is 3.96. The fourth-order valence-corrected chi connectivity index (χ4v) is 2.80. The zero-order valence-corrected chi connectivity index (χ0v) is 13.9. The van der Waals surface area contributed by atoms with Crippen molar-refractivity contribution in [1.82, 2.24) is 5.32 Å². The number of nitrogens with one attached hydrogen (secondary N) is 1. The Morgan fingerprint density at radius 2 is 2.13 bits per heavy atom. The fraction of sp³-hybridized carbons (Fsp3) is 0.529. The van der Waals surface area contributed by atoms with Gasteiger partial charge in [-0.3, -0.25) is 9.59 Å². The molecule has 0 bridgehead atoms. The van der Waals surface area contributed by atoms with Crippen LogP contribution in [0.1, 0.15) is 26.7 Å². The third kappa shape index (κ3) is 4.01. The molecular weight excluding hydrogens is 294 g/mol. The van der Waals surface area contributed by atoms with Crippen molar-refractivity contribution in [2.24, 2.45) is 11.7 Å². The largest absolute Gasteiger partial charge is 0.495 e. The molecule has 0 radical (unpaired) electrons. The quantitative estimate of drug-likeness (QED) is 0.827. The van der Waals surface area contributed by atoms with E-state index in [2.05, 4.69) is 5.32 Å². The monoisotopic (exact) mass is 319 g/mol. The van der Waals surface area contributed by atoms with Crippen molar-refractivity contribution in [3.8, 4) is 5.75 Å². The Hall–Kier alpha value is -2.08. The number of ether oxygens (including phenoxy) is 1. The summed E-state index contributed by atoms with van der Waals surface area (Å²) in [6.07, 6.45) is 1.17. The molecule has 1 unspecified atom stereocenters. The molecule has 1 aromatic rings. The van der Waals surface area contributed by atoms with Crippen molar-refractivity contribution in [3.63, 3.8) is 0 Å². The van der Waals surface area contributed by atoms with Crippen molar-refractivity contribution < 1.29 is 14.3 Å². The van der Waals surface area contributed by atoms with Crippen molar-refractivity contribution in [2.75, 3.05) is 18.6 Å². The second kappa shape index (κ2) is 7.46. The molecule has 2 atom stereocenters. The van der Waals surface area contributed by atoms with E-state index in [1.807, 2.05) is 38.1 Å². The minimum absolute atomic E-state index is 0.125. The highest BCUT2D eigenvalue weighted by molar-refractivity contribution is 6.02. The van der Waals surface area contributed by atoms with Crippen molar-refractivity contribution in [2.45, 2.75) is 38.8 Å². The second-order valence-electron chi connectivity index (χ2n) is 6.25. The summed E-state index contributed by atoms with van der Waals surface area (Å²) in [4.78, 5) is 26.3. The molecule has 1 saturated heterocycles. The van der Waals surface area contributed by atoms with Gasteiger partial charge in [-0.25, -0.2) is 0 Å². The van der Waals surface area contributed by atoms with E-state index in [9.17, 15) is 9.59 Å². The highest BCUT2D eigenvalue weighted by Gasteiger charge is 2.35. The first kappa shape index (κ1) is 17.3. The number of amides is 2. The molecule has 23 heavy (non-hydrogen) atoms. The topological polar surface area (TPSA) is 84.7 Å². The molecule has 3 N–H and O–H groups in total. The van der Waals surface area contributed by atoms with Crippen molar-refractivity contribution >= 4 is 17.5 Å². The summed E-state index contributed by atoms with van der Waals surface area (Å²) in [5.74, 6) is 0.586. The molecule has 1 fully saturated rings. The zero-order valence-electron chi connectivity index (χ0n) is 13.9. The van der Waals surface area contributed by atoms with E-state index in [4.69, 9.17) is 10.5 Å². The summed E-state index contributed by atoms with van der Waals surface area (Å²) in [6.45, 7) is 4.57. The zero-order chi connectivity index (χ0) is 17.0. The number of para-hydroxylation sites is 2. The van der Waals surface area contributed by atoms with Gasteiger partial charge in [-0.15, -0.1) is 0 Å². The molecule has 0 aromatic heterocycles. The number of hydrogen-bond acceptors (Lipinski definition) is 4. The number of nitrogens with zero attached hydrogens (tertiary/aromatic N) is 1. The van der Waals surface area contributed by atoms with Crippen LogP contribution in [-0.2, 0) is 9.59 Å². The first-order chi connectivity index (χ1) is 10.9. The highest BCUT2D eigenvalue weighted by atomic mass is 16.5. The van der Waals surface area contributed by atoms with Crippen LogP contribution in [0.4, 0.5) is 5.69 Å². The lowest BCUT2D eigenvalue weighted by atomic mass is 10.0. The van der Waals surface area contributed by atoms with Gasteiger partial charge < -0.3 is 20.7 Å². The first-order valence-electron chi connectivity index (χ1n) is 7.94. The summed E-state index contributed by atoms with van der Waals surface area (Å²) >= 11 is 0. The van der Waals surface area contributed by atoms with E-state index in [1.54, 1.807) is 12.0 Å². The Balaban J connectivity index is 2.03. The van der Waals surface area contributed by atoms with E-state index in [0.717, 1.165) is 5.69 Å². The molecule has 126 valence electrons. The van der Waals surface area contributed by atoms with Gasteiger partial charge in [0.05, 0.1) is 18.8 Å². The van der Waals surface area contributed by atoms with Crippen LogP contribution in [0.3, 0.4) is 0 Å². The predicted molar refractivity (Wildman–Crippen MR) is 89.3 cm³/mol. The number of rotatable bonds is 6. The van der Waals surface area contributed by atoms with Gasteiger partial charge in [0.15, 0.2) is 0 Å². The van der Waals surface area contributed by atoms with E-state index in [-0.39, 0.29) is 11.8 Å². The average molecular weight is 319 g/mol. The molecule has 6 nitrogen and oxygen atoms in total. The Labute approximate surface area is 137 Å². The summed E-state index contributed by atoms with van der Waals surface area (Å²) < 4.78 is 5.30. The summed E-state index contributed by atoms with van der Waals surface area (Å²) in [7, 11) is 1.57. The van der Waals surface area contributed by atoms with Crippen molar-refractivity contribution in [1.29, 1.82) is 0 Å². The van der Waals surface area contributed by atoms with Crippen LogP contribution < -0.4 is 20.7 Å². The Morgan fingerprint density at radius 1 is 1.43 bits per heavy atom. The molecule has 6 heteroatoms. The number of nitrogens with two attached hydrogens (primary N) is 1. The van der Waals surface area contributed by atoms with Crippen LogP contribution in [0.5, 0.6) is 5.75 Å². The average Bonchev–Trinajstić information content (AvgIpc) is 2.87. The molecule has 2 rings (SSSR count). The minimum Gasteiger partial charge on any atom is -0.495 e. The van der Waals surface area contributed by atoms with Gasteiger partial charge in [0.2, 0.25) is 11.8 Å². The van der Waals surface area contributed by atoms with Crippen molar-refractivity contribution in [3.05, 3.63) is 24.3 Å². The number of hydrogen-bond donors (Lipinski definition) is 2. The molecule has 0 saturated carbocycles. The summed E-state index contributed by atoms with van der Waals surface area (Å²) in [5, 5.41) is 2.78. The molecule has 2 amide bonds. The summed E-state index contributed by atoms with van der Waals surface area (Å²) in [5.41, 5.74) is 6.60. The van der Waals surface area contributed by atoms with Gasteiger partial charge in [-0.05, 0) is 30.9 Å². The van der Waals surface area contributed by atoms with Crippen LogP contribution in [0.25, 0.3) is 0 Å². The van der Waals surface area contributed by atoms with Crippen LogP contribution in [0.2, 0.25) is 0 Å².